The van der Waals surface area contributed by atoms with Crippen molar-refractivity contribution in [3.63, 3.8) is 0 Å². The van der Waals surface area contributed by atoms with Gasteiger partial charge < -0.3 is 29.5 Å². The van der Waals surface area contributed by atoms with Crippen LogP contribution in [0.4, 0.5) is 0 Å². The summed E-state index contributed by atoms with van der Waals surface area (Å²) in [6.45, 7) is 15.1. The minimum atomic E-state index is -1.71. The van der Waals surface area contributed by atoms with Gasteiger partial charge in [-0.15, -0.1) is 0 Å². The molecular weight excluding hydrogens is 642 g/mol. The second-order valence-electron chi connectivity index (χ2n) is 18.5. The van der Waals surface area contributed by atoms with Crippen molar-refractivity contribution >= 4 is 17.5 Å². The Labute approximate surface area is 295 Å². The number of ketones is 2. The van der Waals surface area contributed by atoms with Crippen molar-refractivity contribution in [3.8, 4) is 0 Å². The van der Waals surface area contributed by atoms with Crippen LogP contribution in [-0.4, -0.2) is 83.3 Å². The van der Waals surface area contributed by atoms with E-state index in [-0.39, 0.29) is 51.2 Å². The van der Waals surface area contributed by atoms with Gasteiger partial charge in [0.25, 0.3) is 0 Å². The molecule has 6 rings (SSSR count). The Morgan fingerprint density at radius 2 is 1.64 bits per heavy atom. The van der Waals surface area contributed by atoms with Crippen LogP contribution in [0.15, 0.2) is 16.8 Å². The highest BCUT2D eigenvalue weighted by Gasteiger charge is 2.70. The molecule has 0 bridgehead atoms. The molecule has 50 heavy (non-hydrogen) atoms. The SMILES string of the molecule is COC(=O)[C@@]1(C)CC[C@]2(C)CC[C@]3(C)C(=CC(=O)C4[C@@]5(C)CCC(OC6O[C@H](C(=O)CN=[N+]=[N-])[C@@H](O)[C@H](O)[C@H]6O)C(C)(C)C5CC[C@]43C)C2C1. The fourth-order valence-electron chi connectivity index (χ4n) is 12.4. The van der Waals surface area contributed by atoms with Gasteiger partial charge in [0.15, 0.2) is 17.9 Å². The first kappa shape index (κ1) is 37.4. The zero-order valence-corrected chi connectivity index (χ0v) is 31.0. The Hall–Kier alpha value is -2.34. The average Bonchev–Trinajstić information content (AvgIpc) is 3.06. The molecule has 6 aliphatic rings. The van der Waals surface area contributed by atoms with Crippen LogP contribution in [0.5, 0.6) is 0 Å². The Morgan fingerprint density at radius 3 is 2.30 bits per heavy atom. The number of hydrogen-bond acceptors (Lipinski definition) is 10. The molecular formula is C38H57N3O9. The monoisotopic (exact) mass is 699 g/mol. The summed E-state index contributed by atoms with van der Waals surface area (Å²) in [7, 11) is 1.46. The van der Waals surface area contributed by atoms with Crippen LogP contribution in [-0.2, 0) is 28.6 Å². The molecule has 1 saturated heterocycles. The number of ether oxygens (including phenoxy) is 3. The molecule has 12 nitrogen and oxygen atoms in total. The number of nitrogens with zero attached hydrogens (tertiary/aromatic N) is 3. The van der Waals surface area contributed by atoms with E-state index in [2.05, 4.69) is 51.6 Å². The van der Waals surface area contributed by atoms with Gasteiger partial charge >= 0.3 is 5.97 Å². The summed E-state index contributed by atoms with van der Waals surface area (Å²) < 4.78 is 17.5. The Balaban J connectivity index is 1.28. The number of hydrogen-bond donors (Lipinski definition) is 3. The fourth-order valence-corrected chi connectivity index (χ4v) is 12.4. The van der Waals surface area contributed by atoms with E-state index in [0.29, 0.717) is 19.3 Å². The minimum absolute atomic E-state index is 0.0305. The highest BCUT2D eigenvalue weighted by molar-refractivity contribution is 5.95. The van der Waals surface area contributed by atoms with Crippen LogP contribution in [0, 0.1) is 50.2 Å². The Bertz CT molecular complexity index is 1510. The maximum Gasteiger partial charge on any atom is 0.311 e. The molecule has 5 unspecified atom stereocenters. The number of allylic oxidation sites excluding steroid dienone is 2. The first-order chi connectivity index (χ1) is 23.2. The number of Topliss-reactive ketones (excluding diaryl/α,β-unsaturated/α-hetero) is 1. The summed E-state index contributed by atoms with van der Waals surface area (Å²) in [5.41, 5.74) is 8.01. The number of methoxy groups -OCH3 is 1. The molecule has 0 aromatic rings. The number of azide groups is 1. The lowest BCUT2D eigenvalue weighted by molar-refractivity contribution is -0.320. The predicted molar refractivity (Wildman–Crippen MR) is 182 cm³/mol. The molecule has 0 amide bonds. The summed E-state index contributed by atoms with van der Waals surface area (Å²) in [6, 6.07) is 0. The third kappa shape index (κ3) is 5.25. The smallest absolute Gasteiger partial charge is 0.311 e. The van der Waals surface area contributed by atoms with Crippen molar-refractivity contribution in [3.05, 3.63) is 22.1 Å². The maximum absolute atomic E-state index is 14.7. The molecule has 5 fully saturated rings. The third-order valence-electron chi connectivity index (χ3n) is 15.7. The summed E-state index contributed by atoms with van der Waals surface area (Å²) >= 11 is 0. The van der Waals surface area contributed by atoms with Crippen LogP contribution < -0.4 is 0 Å². The average molecular weight is 700 g/mol. The largest absolute Gasteiger partial charge is 0.469 e. The number of carbonyl (C=O) groups excluding carboxylic acids is 3. The molecule has 5 aliphatic carbocycles. The lowest BCUT2D eigenvalue weighted by Gasteiger charge is -2.70. The van der Waals surface area contributed by atoms with Gasteiger partial charge in [-0.1, -0.05) is 52.2 Å². The molecule has 3 N–H and O–H groups in total. The van der Waals surface area contributed by atoms with Crippen LogP contribution in [0.3, 0.4) is 0 Å². The van der Waals surface area contributed by atoms with E-state index in [0.717, 1.165) is 38.5 Å². The first-order valence-corrected chi connectivity index (χ1v) is 18.5. The fraction of sp³-hybridized carbons (Fsp3) is 0.868. The zero-order chi connectivity index (χ0) is 36.8. The second-order valence-corrected chi connectivity index (χ2v) is 18.5. The van der Waals surface area contributed by atoms with Crippen LogP contribution >= 0.6 is 0 Å². The molecule has 4 saturated carbocycles. The number of rotatable bonds is 6. The summed E-state index contributed by atoms with van der Waals surface area (Å²) in [5.74, 6) is -0.704. The van der Waals surface area contributed by atoms with Crippen molar-refractivity contribution < 1.29 is 43.9 Å². The quantitative estimate of drug-likeness (QED) is 0.110. The molecule has 0 spiro atoms. The van der Waals surface area contributed by atoms with Crippen LogP contribution in [0.2, 0.25) is 0 Å². The molecule has 14 atom stereocenters. The number of fused-ring (bicyclic) bond motifs is 7. The predicted octanol–water partition coefficient (Wildman–Crippen LogP) is 5.21. The van der Waals surface area contributed by atoms with Crippen molar-refractivity contribution in [2.24, 2.45) is 55.4 Å². The van der Waals surface area contributed by atoms with Gasteiger partial charge in [0.2, 0.25) is 0 Å². The number of carbonyl (C=O) groups is 3. The van der Waals surface area contributed by atoms with E-state index in [4.69, 9.17) is 19.7 Å². The lowest BCUT2D eigenvalue weighted by Crippen LogP contribution is -2.67. The summed E-state index contributed by atoms with van der Waals surface area (Å²) in [6.07, 6.45) is 1.09. The van der Waals surface area contributed by atoms with Gasteiger partial charge in [0, 0.05) is 10.8 Å². The van der Waals surface area contributed by atoms with Gasteiger partial charge in [0.1, 0.15) is 24.4 Å². The van der Waals surface area contributed by atoms with E-state index < -0.39 is 60.0 Å². The molecule has 0 radical (unpaired) electrons. The zero-order valence-electron chi connectivity index (χ0n) is 31.0. The maximum atomic E-state index is 14.7. The summed E-state index contributed by atoms with van der Waals surface area (Å²) in [5, 5.41) is 35.3. The lowest BCUT2D eigenvalue weighted by atomic mass is 9.33. The van der Waals surface area contributed by atoms with Crippen LogP contribution in [0.25, 0.3) is 10.4 Å². The van der Waals surface area contributed by atoms with Gasteiger partial charge in [-0.2, -0.15) is 0 Å². The van der Waals surface area contributed by atoms with E-state index in [1.807, 2.05) is 13.0 Å². The number of esters is 1. The first-order valence-electron chi connectivity index (χ1n) is 18.5. The van der Waals surface area contributed by atoms with Crippen molar-refractivity contribution in [2.75, 3.05) is 13.7 Å². The summed E-state index contributed by atoms with van der Waals surface area (Å²) in [4.78, 5) is 43.0. The molecule has 1 aliphatic heterocycles. The van der Waals surface area contributed by atoms with E-state index in [1.165, 1.54) is 12.7 Å². The van der Waals surface area contributed by atoms with E-state index >= 15 is 0 Å². The number of aliphatic hydroxyl groups is 3. The van der Waals surface area contributed by atoms with Gasteiger partial charge in [-0.25, -0.2) is 0 Å². The van der Waals surface area contributed by atoms with Crippen molar-refractivity contribution in [1.82, 2.24) is 0 Å². The standard InChI is InChI=1S/C38H57N3O9/c1-33(2)24-9-12-38(7)30(22(42)17-20-21-18-35(4,32(47)48-8)14-13-34(21,3)15-16-37(20,38)6)36(24,5)11-10-25(33)49-31-28(46)26(44)27(45)29(50-31)23(43)19-40-41-39/h17,21,24-31,44-46H,9-16,18-19H2,1-8H3/t21?,24?,25?,26-,27-,28+,29+,30?,31?,34+,35-,36-,37+,38+/m0/s1. The van der Waals surface area contributed by atoms with E-state index in [1.54, 1.807) is 0 Å². The molecule has 12 heteroatoms. The van der Waals surface area contributed by atoms with Gasteiger partial charge in [-0.05, 0) is 115 Å². The Morgan fingerprint density at radius 1 is 0.960 bits per heavy atom. The van der Waals surface area contributed by atoms with Gasteiger partial charge in [0.05, 0.1) is 25.2 Å². The van der Waals surface area contributed by atoms with Crippen LogP contribution in [0.1, 0.15) is 106 Å². The molecule has 1 heterocycles. The normalized spacial score (nSPS) is 49.5. The third-order valence-corrected chi connectivity index (χ3v) is 15.7. The molecule has 0 aromatic carbocycles. The molecule has 0 aromatic heterocycles. The minimum Gasteiger partial charge on any atom is -0.469 e. The highest BCUT2D eigenvalue weighted by atomic mass is 16.7. The molecule has 278 valence electrons. The van der Waals surface area contributed by atoms with Gasteiger partial charge in [-0.3, -0.25) is 14.4 Å². The number of aliphatic hydroxyl groups excluding tert-OH is 3. The van der Waals surface area contributed by atoms with Crippen molar-refractivity contribution in [1.29, 1.82) is 0 Å². The Kier molecular flexibility index (Phi) is 9.26. The van der Waals surface area contributed by atoms with Crippen molar-refractivity contribution in [2.45, 2.75) is 143 Å². The van der Waals surface area contributed by atoms with E-state index in [9.17, 15) is 29.7 Å². The second kappa shape index (κ2) is 12.4. The highest BCUT2D eigenvalue weighted by Crippen LogP contribution is 2.75. The topological polar surface area (TPSA) is 188 Å².